The fourth-order valence-corrected chi connectivity index (χ4v) is 4.37. The number of aliphatic hydroxyl groups is 1. The third kappa shape index (κ3) is 5.45. The summed E-state index contributed by atoms with van der Waals surface area (Å²) in [5, 5.41) is 10.9. The molecule has 1 saturated carbocycles. The Morgan fingerprint density at radius 2 is 1.36 bits per heavy atom. The Balaban J connectivity index is 2.66. The summed E-state index contributed by atoms with van der Waals surface area (Å²) in [7, 11) is 0. The van der Waals surface area contributed by atoms with E-state index in [2.05, 4.69) is 69.2 Å². The molecule has 0 saturated heterocycles. The van der Waals surface area contributed by atoms with Crippen LogP contribution in [0, 0.1) is 34.0 Å². The van der Waals surface area contributed by atoms with E-state index in [9.17, 15) is 5.11 Å². The van der Waals surface area contributed by atoms with Crippen molar-refractivity contribution >= 4 is 0 Å². The van der Waals surface area contributed by atoms with Crippen molar-refractivity contribution in [1.82, 2.24) is 0 Å². The lowest BCUT2D eigenvalue weighted by molar-refractivity contribution is -0.221. The summed E-state index contributed by atoms with van der Waals surface area (Å²) < 4.78 is 6.22. The Morgan fingerprint density at radius 3 is 1.72 bits per heavy atom. The first kappa shape index (κ1) is 23.0. The molecule has 0 aliphatic heterocycles. The van der Waals surface area contributed by atoms with Crippen LogP contribution in [0.15, 0.2) is 0 Å². The van der Waals surface area contributed by atoms with E-state index < -0.39 is 6.29 Å². The lowest BCUT2D eigenvalue weighted by Gasteiger charge is -2.48. The fraction of sp³-hybridized carbons (Fsp3) is 1.00. The number of hydrogen-bond donors (Lipinski definition) is 1. The molecule has 2 nitrogen and oxygen atoms in total. The molecule has 1 N–H and O–H groups in total. The third-order valence-corrected chi connectivity index (χ3v) is 7.68. The molecular weight excluding hydrogens is 308 g/mol. The Morgan fingerprint density at radius 1 is 0.880 bits per heavy atom. The van der Waals surface area contributed by atoms with E-state index in [1.54, 1.807) is 0 Å². The van der Waals surface area contributed by atoms with Gasteiger partial charge in [-0.15, -0.1) is 0 Å². The van der Waals surface area contributed by atoms with Crippen LogP contribution in [0.5, 0.6) is 0 Å². The third-order valence-electron chi connectivity index (χ3n) is 7.68. The summed E-state index contributed by atoms with van der Waals surface area (Å²) in [6.45, 7) is 23.0. The minimum atomic E-state index is -0.660. The highest BCUT2D eigenvalue weighted by Gasteiger charge is 2.43. The highest BCUT2D eigenvalue weighted by atomic mass is 16.6. The average Bonchev–Trinajstić information content (AvgIpc) is 2.45. The number of rotatable bonds is 7. The number of hydrogen-bond acceptors (Lipinski definition) is 2. The molecule has 0 aromatic carbocycles. The molecule has 0 heterocycles. The van der Waals surface area contributed by atoms with Gasteiger partial charge in [-0.3, -0.25) is 0 Å². The average molecular weight is 355 g/mol. The van der Waals surface area contributed by atoms with E-state index in [0.717, 1.165) is 25.2 Å². The lowest BCUT2D eigenvalue weighted by atomic mass is 9.58. The zero-order valence-electron chi connectivity index (χ0n) is 18.8. The zero-order chi connectivity index (χ0) is 19.6. The first-order valence-electron chi connectivity index (χ1n) is 10.5. The topological polar surface area (TPSA) is 29.5 Å². The molecule has 2 unspecified atom stereocenters. The van der Waals surface area contributed by atoms with E-state index in [1.807, 2.05) is 0 Å². The van der Waals surface area contributed by atoms with Gasteiger partial charge >= 0.3 is 0 Å². The zero-order valence-corrected chi connectivity index (χ0v) is 18.8. The molecule has 0 spiro atoms. The minimum absolute atomic E-state index is 0.171. The number of ether oxygens (including phenoxy) is 1. The van der Waals surface area contributed by atoms with Crippen LogP contribution >= 0.6 is 0 Å². The molecule has 0 amide bonds. The van der Waals surface area contributed by atoms with Gasteiger partial charge in [0.15, 0.2) is 6.29 Å². The molecule has 0 aromatic rings. The van der Waals surface area contributed by atoms with Crippen molar-refractivity contribution in [1.29, 1.82) is 0 Å². The molecular formula is C23H46O2. The van der Waals surface area contributed by atoms with Crippen LogP contribution in [0.2, 0.25) is 0 Å². The number of aliphatic hydroxyl groups excluding tert-OH is 1. The van der Waals surface area contributed by atoms with Gasteiger partial charge in [0.05, 0.1) is 6.10 Å². The van der Waals surface area contributed by atoms with Crippen molar-refractivity contribution in [2.45, 2.75) is 114 Å². The van der Waals surface area contributed by atoms with Crippen molar-refractivity contribution in [2.24, 2.45) is 34.0 Å². The van der Waals surface area contributed by atoms with Crippen LogP contribution in [0.25, 0.3) is 0 Å². The van der Waals surface area contributed by atoms with Gasteiger partial charge in [0.25, 0.3) is 0 Å². The lowest BCUT2D eigenvalue weighted by Crippen LogP contribution is -2.44. The van der Waals surface area contributed by atoms with Crippen LogP contribution in [-0.2, 0) is 4.74 Å². The molecule has 2 heteroatoms. The summed E-state index contributed by atoms with van der Waals surface area (Å²) >= 11 is 0. The molecule has 25 heavy (non-hydrogen) atoms. The quantitative estimate of drug-likeness (QED) is 0.518. The van der Waals surface area contributed by atoms with E-state index in [4.69, 9.17) is 4.74 Å². The molecule has 1 aliphatic carbocycles. The summed E-state index contributed by atoms with van der Waals surface area (Å²) in [6.07, 6.45) is 5.14. The van der Waals surface area contributed by atoms with Gasteiger partial charge in [-0.05, 0) is 60.7 Å². The second-order valence-corrected chi connectivity index (χ2v) is 11.2. The molecule has 1 aliphatic rings. The first-order chi connectivity index (χ1) is 11.2. The first-order valence-corrected chi connectivity index (χ1v) is 10.5. The van der Waals surface area contributed by atoms with Crippen LogP contribution in [0.3, 0.4) is 0 Å². The standard InChI is InChI=1S/C23H46O2/c1-16(2)15-23(10,17(3)4)20(24)25-19-13-11-18(12-14-19)22(8,9)21(5,6)7/h16-20,24H,11-15H2,1-10H3. The Bertz CT molecular complexity index is 397. The van der Waals surface area contributed by atoms with E-state index >= 15 is 0 Å². The monoisotopic (exact) mass is 354 g/mol. The van der Waals surface area contributed by atoms with Crippen molar-refractivity contribution < 1.29 is 9.84 Å². The predicted molar refractivity (Wildman–Crippen MR) is 108 cm³/mol. The highest BCUT2D eigenvalue weighted by Crippen LogP contribution is 2.50. The van der Waals surface area contributed by atoms with E-state index in [-0.39, 0.29) is 11.5 Å². The molecule has 1 fully saturated rings. The van der Waals surface area contributed by atoms with Crippen molar-refractivity contribution in [3.05, 3.63) is 0 Å². The maximum absolute atomic E-state index is 10.9. The summed E-state index contributed by atoms with van der Waals surface area (Å²) in [5.74, 6) is 1.71. The summed E-state index contributed by atoms with van der Waals surface area (Å²) in [6, 6.07) is 0. The predicted octanol–water partition coefficient (Wildman–Crippen LogP) is 6.66. The normalized spacial score (nSPS) is 26.8. The Hall–Kier alpha value is -0.0800. The highest BCUT2D eigenvalue weighted by molar-refractivity contribution is 4.91. The van der Waals surface area contributed by atoms with Crippen LogP contribution in [0.4, 0.5) is 0 Å². The molecule has 0 radical (unpaired) electrons. The molecule has 150 valence electrons. The van der Waals surface area contributed by atoms with Gasteiger partial charge in [-0.25, -0.2) is 0 Å². The van der Waals surface area contributed by atoms with Crippen molar-refractivity contribution in [3.63, 3.8) is 0 Å². The van der Waals surface area contributed by atoms with Crippen molar-refractivity contribution in [2.75, 3.05) is 0 Å². The minimum Gasteiger partial charge on any atom is -0.367 e. The van der Waals surface area contributed by atoms with E-state index in [1.165, 1.54) is 12.8 Å². The summed E-state index contributed by atoms with van der Waals surface area (Å²) in [5.41, 5.74) is 0.481. The van der Waals surface area contributed by atoms with E-state index in [0.29, 0.717) is 22.7 Å². The Labute approximate surface area is 158 Å². The maximum Gasteiger partial charge on any atom is 0.160 e. The van der Waals surface area contributed by atoms with Gasteiger partial charge in [0.1, 0.15) is 0 Å². The molecule has 2 atom stereocenters. The Kier molecular flexibility index (Phi) is 7.62. The van der Waals surface area contributed by atoms with Crippen LogP contribution in [0.1, 0.15) is 101 Å². The van der Waals surface area contributed by atoms with Gasteiger partial charge in [0, 0.05) is 5.41 Å². The molecule has 0 bridgehead atoms. The molecule has 0 aromatic heterocycles. The van der Waals surface area contributed by atoms with Crippen LogP contribution in [-0.4, -0.2) is 17.5 Å². The van der Waals surface area contributed by atoms with Gasteiger partial charge in [-0.1, -0.05) is 69.2 Å². The van der Waals surface area contributed by atoms with Gasteiger partial charge in [0.2, 0.25) is 0 Å². The summed E-state index contributed by atoms with van der Waals surface area (Å²) in [4.78, 5) is 0. The largest absolute Gasteiger partial charge is 0.367 e. The second kappa shape index (κ2) is 8.30. The molecule has 1 rings (SSSR count). The van der Waals surface area contributed by atoms with Gasteiger partial charge in [-0.2, -0.15) is 0 Å². The second-order valence-electron chi connectivity index (χ2n) is 11.2. The fourth-order valence-electron chi connectivity index (χ4n) is 4.37. The van der Waals surface area contributed by atoms with Crippen molar-refractivity contribution in [3.8, 4) is 0 Å². The van der Waals surface area contributed by atoms with Crippen LogP contribution < -0.4 is 0 Å². The smallest absolute Gasteiger partial charge is 0.160 e. The SMILES string of the molecule is CC(C)CC(C)(C(C)C)C(O)OC1CCC(C(C)(C)C(C)(C)C)CC1. The maximum atomic E-state index is 10.9. The van der Waals surface area contributed by atoms with Gasteiger partial charge < -0.3 is 9.84 Å².